The van der Waals surface area contributed by atoms with Gasteiger partial charge in [-0.2, -0.15) is 5.10 Å². The van der Waals surface area contributed by atoms with Gasteiger partial charge in [0.05, 0.1) is 11.8 Å². The van der Waals surface area contributed by atoms with Gasteiger partial charge >= 0.3 is 0 Å². The van der Waals surface area contributed by atoms with Crippen molar-refractivity contribution in [2.75, 3.05) is 13.1 Å². The number of nitrogens with zero attached hydrogens (tertiary/aromatic N) is 2. The van der Waals surface area contributed by atoms with Crippen molar-refractivity contribution in [3.8, 4) is 11.3 Å². The number of H-pyrrole nitrogens is 1. The SMILES string of the molecule is Cc1ccc(-c2cc(C(=O)N3CC[C@@H](O)[C@@H](C)C3)[nH]n2)cc1C. The Balaban J connectivity index is 1.78. The molecule has 5 nitrogen and oxygen atoms in total. The molecule has 1 aromatic carbocycles. The number of amides is 1. The Morgan fingerprint density at radius 2 is 2.09 bits per heavy atom. The Kier molecular flexibility index (Phi) is 4.22. The van der Waals surface area contributed by atoms with Crippen LogP contribution in [0.5, 0.6) is 0 Å². The predicted octanol–water partition coefficient (Wildman–Crippen LogP) is 2.54. The highest BCUT2D eigenvalue weighted by Crippen LogP contribution is 2.23. The first-order valence-corrected chi connectivity index (χ1v) is 8.06. The van der Waals surface area contributed by atoms with Gasteiger partial charge in [-0.25, -0.2) is 0 Å². The molecular weight excluding hydrogens is 290 g/mol. The largest absolute Gasteiger partial charge is 0.393 e. The second-order valence-electron chi connectivity index (χ2n) is 6.55. The van der Waals surface area contributed by atoms with E-state index < -0.39 is 0 Å². The van der Waals surface area contributed by atoms with Gasteiger partial charge in [0, 0.05) is 18.7 Å². The van der Waals surface area contributed by atoms with E-state index in [1.807, 2.05) is 19.1 Å². The minimum absolute atomic E-state index is 0.0497. The first-order chi connectivity index (χ1) is 11.0. The molecule has 1 aliphatic rings. The minimum atomic E-state index is -0.313. The first kappa shape index (κ1) is 15.7. The lowest BCUT2D eigenvalue weighted by molar-refractivity contribution is 0.0294. The van der Waals surface area contributed by atoms with Crippen LogP contribution in [0, 0.1) is 19.8 Å². The van der Waals surface area contributed by atoms with Crippen molar-refractivity contribution in [3.05, 3.63) is 41.1 Å². The number of piperidine rings is 1. The van der Waals surface area contributed by atoms with Crippen molar-refractivity contribution in [1.29, 1.82) is 0 Å². The lowest BCUT2D eigenvalue weighted by Gasteiger charge is -2.34. The average molecular weight is 313 g/mol. The molecule has 2 aromatic rings. The molecule has 0 spiro atoms. The van der Waals surface area contributed by atoms with Crippen molar-refractivity contribution < 1.29 is 9.90 Å². The van der Waals surface area contributed by atoms with Gasteiger partial charge in [0.25, 0.3) is 5.91 Å². The van der Waals surface area contributed by atoms with E-state index in [-0.39, 0.29) is 17.9 Å². The Labute approximate surface area is 136 Å². The number of likely N-dealkylation sites (tertiary alicyclic amines) is 1. The van der Waals surface area contributed by atoms with Crippen LogP contribution in [-0.2, 0) is 0 Å². The van der Waals surface area contributed by atoms with Gasteiger partial charge in [-0.1, -0.05) is 19.1 Å². The molecule has 3 rings (SSSR count). The fraction of sp³-hybridized carbons (Fsp3) is 0.444. The van der Waals surface area contributed by atoms with E-state index in [0.29, 0.717) is 25.2 Å². The fourth-order valence-electron chi connectivity index (χ4n) is 2.97. The number of carbonyl (C=O) groups is 1. The zero-order valence-electron chi connectivity index (χ0n) is 13.8. The topological polar surface area (TPSA) is 69.2 Å². The van der Waals surface area contributed by atoms with Gasteiger partial charge in [0.2, 0.25) is 0 Å². The number of benzene rings is 1. The summed E-state index contributed by atoms with van der Waals surface area (Å²) >= 11 is 0. The second-order valence-corrected chi connectivity index (χ2v) is 6.55. The molecule has 2 N–H and O–H groups in total. The quantitative estimate of drug-likeness (QED) is 0.895. The molecule has 1 aromatic heterocycles. The van der Waals surface area contributed by atoms with E-state index in [2.05, 4.69) is 36.2 Å². The van der Waals surface area contributed by atoms with Crippen LogP contribution in [0.2, 0.25) is 0 Å². The van der Waals surface area contributed by atoms with Crippen molar-refractivity contribution in [2.45, 2.75) is 33.3 Å². The summed E-state index contributed by atoms with van der Waals surface area (Å²) in [6, 6.07) is 7.97. The second kappa shape index (κ2) is 6.16. The number of aromatic nitrogens is 2. The van der Waals surface area contributed by atoms with Crippen LogP contribution in [0.4, 0.5) is 0 Å². The number of aliphatic hydroxyl groups is 1. The summed E-state index contributed by atoms with van der Waals surface area (Å²) in [5.74, 6) is 0.0566. The number of hydrogen-bond donors (Lipinski definition) is 2. The Morgan fingerprint density at radius 3 is 2.78 bits per heavy atom. The van der Waals surface area contributed by atoms with E-state index in [0.717, 1.165) is 11.3 Å². The average Bonchev–Trinajstić information content (AvgIpc) is 3.02. The van der Waals surface area contributed by atoms with E-state index in [1.54, 1.807) is 4.90 Å². The summed E-state index contributed by atoms with van der Waals surface area (Å²) in [7, 11) is 0. The molecule has 0 aliphatic carbocycles. The zero-order valence-corrected chi connectivity index (χ0v) is 13.8. The van der Waals surface area contributed by atoms with E-state index >= 15 is 0 Å². The summed E-state index contributed by atoms with van der Waals surface area (Å²) in [6.45, 7) is 7.28. The van der Waals surface area contributed by atoms with Crippen molar-refractivity contribution >= 4 is 5.91 Å². The summed E-state index contributed by atoms with van der Waals surface area (Å²) in [6.07, 6.45) is 0.317. The van der Waals surface area contributed by atoms with Gasteiger partial charge in [-0.3, -0.25) is 9.89 Å². The number of rotatable bonds is 2. The maximum absolute atomic E-state index is 12.6. The van der Waals surface area contributed by atoms with E-state index in [1.165, 1.54) is 11.1 Å². The Morgan fingerprint density at radius 1 is 1.30 bits per heavy atom. The molecule has 1 amide bonds. The lowest BCUT2D eigenvalue weighted by atomic mass is 9.96. The number of aliphatic hydroxyl groups excluding tert-OH is 1. The molecule has 5 heteroatoms. The standard InChI is InChI=1S/C18H23N3O2/c1-11-4-5-14(8-12(11)2)15-9-16(20-19-15)18(23)21-7-6-17(22)13(3)10-21/h4-5,8-9,13,17,22H,6-7,10H2,1-3H3,(H,19,20)/t13-,17+/m0/s1. The molecule has 0 radical (unpaired) electrons. The summed E-state index contributed by atoms with van der Waals surface area (Å²) in [4.78, 5) is 14.4. The number of nitrogens with one attached hydrogen (secondary N) is 1. The van der Waals surface area contributed by atoms with Gasteiger partial charge in [-0.05, 0) is 49.4 Å². The van der Waals surface area contributed by atoms with Crippen molar-refractivity contribution in [2.24, 2.45) is 5.92 Å². The molecular formula is C18H23N3O2. The van der Waals surface area contributed by atoms with Crippen LogP contribution >= 0.6 is 0 Å². The number of aryl methyl sites for hydroxylation is 2. The summed E-state index contributed by atoms with van der Waals surface area (Å²) < 4.78 is 0. The predicted molar refractivity (Wildman–Crippen MR) is 89.2 cm³/mol. The summed E-state index contributed by atoms with van der Waals surface area (Å²) in [5.41, 5.74) is 4.73. The number of hydrogen-bond acceptors (Lipinski definition) is 3. The van der Waals surface area contributed by atoms with Crippen LogP contribution in [0.1, 0.15) is 35.0 Å². The monoisotopic (exact) mass is 313 g/mol. The number of carbonyl (C=O) groups excluding carboxylic acids is 1. The molecule has 1 aliphatic heterocycles. The maximum Gasteiger partial charge on any atom is 0.271 e. The third-order valence-corrected chi connectivity index (χ3v) is 4.76. The van der Waals surface area contributed by atoms with Crippen LogP contribution in [0.3, 0.4) is 0 Å². The minimum Gasteiger partial charge on any atom is -0.393 e. The van der Waals surface area contributed by atoms with Gasteiger partial charge in [0.15, 0.2) is 0 Å². The van der Waals surface area contributed by atoms with Crippen LogP contribution < -0.4 is 0 Å². The highest BCUT2D eigenvalue weighted by Gasteiger charge is 2.28. The third kappa shape index (κ3) is 3.15. The third-order valence-electron chi connectivity index (χ3n) is 4.76. The van der Waals surface area contributed by atoms with Crippen LogP contribution in [0.15, 0.2) is 24.3 Å². The first-order valence-electron chi connectivity index (χ1n) is 8.06. The summed E-state index contributed by atoms with van der Waals surface area (Å²) in [5, 5.41) is 16.9. The zero-order chi connectivity index (χ0) is 16.6. The molecule has 1 saturated heterocycles. The fourth-order valence-corrected chi connectivity index (χ4v) is 2.97. The molecule has 1 fully saturated rings. The molecule has 0 unspecified atom stereocenters. The number of aromatic amines is 1. The lowest BCUT2D eigenvalue weighted by Crippen LogP contribution is -2.45. The molecule has 23 heavy (non-hydrogen) atoms. The van der Waals surface area contributed by atoms with Gasteiger partial charge in [-0.15, -0.1) is 0 Å². The molecule has 2 heterocycles. The van der Waals surface area contributed by atoms with Crippen molar-refractivity contribution in [1.82, 2.24) is 15.1 Å². The Bertz CT molecular complexity index is 723. The molecule has 2 atom stereocenters. The highest BCUT2D eigenvalue weighted by atomic mass is 16.3. The van der Waals surface area contributed by atoms with Crippen LogP contribution in [-0.4, -0.2) is 45.3 Å². The molecule has 122 valence electrons. The van der Waals surface area contributed by atoms with Crippen LogP contribution in [0.25, 0.3) is 11.3 Å². The Hall–Kier alpha value is -2.14. The smallest absolute Gasteiger partial charge is 0.271 e. The van der Waals surface area contributed by atoms with E-state index in [9.17, 15) is 9.90 Å². The van der Waals surface area contributed by atoms with Gasteiger partial charge < -0.3 is 10.0 Å². The normalized spacial score (nSPS) is 21.5. The van der Waals surface area contributed by atoms with Crippen molar-refractivity contribution in [3.63, 3.8) is 0 Å². The maximum atomic E-state index is 12.6. The molecule has 0 bridgehead atoms. The van der Waals surface area contributed by atoms with E-state index in [4.69, 9.17) is 0 Å². The molecule has 0 saturated carbocycles. The van der Waals surface area contributed by atoms with Gasteiger partial charge in [0.1, 0.15) is 5.69 Å². The highest BCUT2D eigenvalue weighted by molar-refractivity contribution is 5.93.